The van der Waals surface area contributed by atoms with Crippen LogP contribution in [0.3, 0.4) is 0 Å². The maximum Gasteiger partial charge on any atom is 0.223 e. The van der Waals surface area contributed by atoms with Gasteiger partial charge in [0.2, 0.25) is 11.8 Å². The van der Waals surface area contributed by atoms with Crippen molar-refractivity contribution < 1.29 is 23.5 Å². The van der Waals surface area contributed by atoms with Crippen molar-refractivity contribution >= 4 is 17.5 Å². The zero-order chi connectivity index (χ0) is 25.0. The molecule has 1 aliphatic heterocycles. The number of anilines is 1. The van der Waals surface area contributed by atoms with Gasteiger partial charge in [-0.05, 0) is 53.6 Å². The molecule has 1 aliphatic rings. The summed E-state index contributed by atoms with van der Waals surface area (Å²) in [5.74, 6) is -1.47. The number of rotatable bonds is 8. The summed E-state index contributed by atoms with van der Waals surface area (Å²) in [4.78, 5) is 25.6. The van der Waals surface area contributed by atoms with Gasteiger partial charge in [-0.3, -0.25) is 9.59 Å². The summed E-state index contributed by atoms with van der Waals surface area (Å²) in [5.41, 5.74) is 3.34. The Hall–Kier alpha value is -2.84. The number of hydrogen-bond donors (Lipinski definition) is 3. The van der Waals surface area contributed by atoms with Crippen molar-refractivity contribution in [3.8, 4) is 0 Å². The Morgan fingerprint density at radius 1 is 1.12 bits per heavy atom. The molecular weight excluding hydrogens is 440 g/mol. The quantitative estimate of drug-likeness (QED) is 0.548. The van der Waals surface area contributed by atoms with Gasteiger partial charge < -0.3 is 20.6 Å². The van der Waals surface area contributed by atoms with E-state index in [0.717, 1.165) is 22.9 Å². The van der Waals surface area contributed by atoms with E-state index in [1.54, 1.807) is 11.8 Å². The fraction of sp³-hybridized carbons (Fsp3) is 0.462. The highest BCUT2D eigenvalue weighted by Gasteiger charge is 2.29. The molecule has 0 spiro atoms. The molecule has 6 nitrogen and oxygen atoms in total. The lowest BCUT2D eigenvalue weighted by Gasteiger charge is -2.36. The Kier molecular flexibility index (Phi) is 8.38. The van der Waals surface area contributed by atoms with Crippen LogP contribution in [0.15, 0.2) is 36.4 Å². The number of amides is 2. The number of benzene rings is 2. The number of aliphatic hydroxyl groups is 1. The molecule has 0 bridgehead atoms. The van der Waals surface area contributed by atoms with E-state index in [0.29, 0.717) is 24.4 Å². The van der Waals surface area contributed by atoms with Crippen molar-refractivity contribution in [3.63, 3.8) is 0 Å². The molecule has 0 unspecified atom stereocenters. The summed E-state index contributed by atoms with van der Waals surface area (Å²) in [5, 5.41) is 17.0. The second kappa shape index (κ2) is 11.1. The average molecular weight is 474 g/mol. The first-order chi connectivity index (χ1) is 16.0. The van der Waals surface area contributed by atoms with Gasteiger partial charge in [0, 0.05) is 44.7 Å². The second-order valence-corrected chi connectivity index (χ2v) is 9.25. The van der Waals surface area contributed by atoms with Gasteiger partial charge in [0.15, 0.2) is 0 Å². The number of carbonyl (C=O) groups is 2. The summed E-state index contributed by atoms with van der Waals surface area (Å²) in [6, 6.07) is 8.44. The second-order valence-electron chi connectivity index (χ2n) is 9.25. The van der Waals surface area contributed by atoms with Crippen LogP contribution in [-0.2, 0) is 16.0 Å². The van der Waals surface area contributed by atoms with Crippen molar-refractivity contribution in [2.45, 2.75) is 64.6 Å². The minimum absolute atomic E-state index is 0.0231. The predicted octanol–water partition coefficient (Wildman–Crippen LogP) is 3.58. The third-order valence-electron chi connectivity index (χ3n) is 6.21. The molecule has 0 saturated heterocycles. The van der Waals surface area contributed by atoms with Gasteiger partial charge in [0.25, 0.3) is 0 Å². The number of fused-ring (bicyclic) bond motifs is 1. The molecule has 3 N–H and O–H groups in total. The van der Waals surface area contributed by atoms with Crippen LogP contribution < -0.4 is 15.5 Å². The van der Waals surface area contributed by atoms with Gasteiger partial charge in [-0.25, -0.2) is 8.78 Å². The molecule has 0 saturated carbocycles. The molecule has 34 heavy (non-hydrogen) atoms. The summed E-state index contributed by atoms with van der Waals surface area (Å²) in [6.07, 6.45) is -0.257. The van der Waals surface area contributed by atoms with Crippen LogP contribution in [0.2, 0.25) is 0 Å². The fourth-order valence-corrected chi connectivity index (χ4v) is 4.46. The van der Waals surface area contributed by atoms with Gasteiger partial charge in [-0.2, -0.15) is 0 Å². The molecule has 2 amide bonds. The third kappa shape index (κ3) is 6.39. The van der Waals surface area contributed by atoms with E-state index in [1.807, 2.05) is 12.1 Å². The summed E-state index contributed by atoms with van der Waals surface area (Å²) in [7, 11) is 0. The molecule has 184 valence electrons. The van der Waals surface area contributed by atoms with E-state index >= 15 is 0 Å². The first-order valence-electron chi connectivity index (χ1n) is 11.6. The number of halogens is 2. The largest absolute Gasteiger partial charge is 0.390 e. The lowest BCUT2D eigenvalue weighted by atomic mass is 9.91. The third-order valence-corrected chi connectivity index (χ3v) is 6.21. The number of aliphatic hydroxyl groups excluding tert-OH is 1. The fourth-order valence-electron chi connectivity index (χ4n) is 4.46. The van der Waals surface area contributed by atoms with Crippen LogP contribution in [0.5, 0.6) is 0 Å². The summed E-state index contributed by atoms with van der Waals surface area (Å²) in [6.45, 7) is 7.79. The average Bonchev–Trinajstić information content (AvgIpc) is 2.75. The van der Waals surface area contributed by atoms with Crippen molar-refractivity contribution in [2.75, 3.05) is 18.0 Å². The lowest BCUT2D eigenvalue weighted by molar-refractivity contribution is -0.120. The predicted molar refractivity (Wildman–Crippen MR) is 128 cm³/mol. The Labute approximate surface area is 199 Å². The molecule has 0 radical (unpaired) electrons. The molecular formula is C26H33F2N3O3. The maximum atomic E-state index is 13.6. The number of hydrogen-bond acceptors (Lipinski definition) is 4. The normalized spacial score (nSPS) is 17.3. The summed E-state index contributed by atoms with van der Waals surface area (Å²) >= 11 is 0. The van der Waals surface area contributed by atoms with Crippen molar-refractivity contribution in [3.05, 3.63) is 64.7 Å². The van der Waals surface area contributed by atoms with Crippen molar-refractivity contribution in [2.24, 2.45) is 0 Å². The number of nitrogens with one attached hydrogen (secondary N) is 2. The van der Waals surface area contributed by atoms with E-state index in [2.05, 4.69) is 30.5 Å². The van der Waals surface area contributed by atoms with Crippen molar-refractivity contribution in [1.82, 2.24) is 10.6 Å². The summed E-state index contributed by atoms with van der Waals surface area (Å²) < 4.78 is 27.2. The lowest BCUT2D eigenvalue weighted by Crippen LogP contribution is -2.49. The molecule has 0 aliphatic carbocycles. The van der Waals surface area contributed by atoms with Crippen molar-refractivity contribution in [1.29, 1.82) is 0 Å². The highest BCUT2D eigenvalue weighted by atomic mass is 19.1. The van der Waals surface area contributed by atoms with E-state index in [9.17, 15) is 23.5 Å². The van der Waals surface area contributed by atoms with Gasteiger partial charge in [0.1, 0.15) is 11.6 Å². The van der Waals surface area contributed by atoms with Crippen LogP contribution in [0.25, 0.3) is 0 Å². The van der Waals surface area contributed by atoms with E-state index in [4.69, 9.17) is 0 Å². The minimum Gasteiger partial charge on any atom is -0.390 e. The number of nitrogens with zero attached hydrogens (tertiary/aromatic N) is 1. The van der Waals surface area contributed by atoms with Crippen LogP contribution >= 0.6 is 0 Å². The standard InChI is InChI=1S/C26H33F2N3O3/c1-15(2)19-5-6-25-22(12-19)23(7-8-31(25)17(4)33)29-14-26(34)24(30-16(3)32)11-18-9-20(27)13-21(28)10-18/h5-6,9-10,12-13,15,23-24,26,29,34H,7-8,11,14H2,1-4H3,(H,30,32)/t23-,24-,26+/m0/s1. The highest BCUT2D eigenvalue weighted by Crippen LogP contribution is 2.36. The van der Waals surface area contributed by atoms with Crippen LogP contribution in [0, 0.1) is 11.6 Å². The Bertz CT molecular complexity index is 1020. The van der Waals surface area contributed by atoms with Crippen LogP contribution in [0.4, 0.5) is 14.5 Å². The molecule has 0 fully saturated rings. The SMILES string of the molecule is CC(=O)N[C@@H](Cc1cc(F)cc(F)c1)[C@H](O)CN[C@H]1CCN(C(C)=O)c2ccc(C(C)C)cc21. The zero-order valence-electron chi connectivity index (χ0n) is 20.1. The molecule has 0 aromatic heterocycles. The highest BCUT2D eigenvalue weighted by molar-refractivity contribution is 5.93. The van der Waals surface area contributed by atoms with Gasteiger partial charge in [-0.15, -0.1) is 0 Å². The first kappa shape index (κ1) is 25.8. The molecule has 3 atom stereocenters. The Morgan fingerprint density at radius 2 is 1.79 bits per heavy atom. The van der Waals surface area contributed by atoms with Gasteiger partial charge >= 0.3 is 0 Å². The molecule has 1 heterocycles. The number of carbonyl (C=O) groups excluding carboxylic acids is 2. The molecule has 3 rings (SSSR count). The monoisotopic (exact) mass is 473 g/mol. The maximum absolute atomic E-state index is 13.6. The Morgan fingerprint density at radius 3 is 2.38 bits per heavy atom. The van der Waals surface area contributed by atoms with E-state index < -0.39 is 23.8 Å². The van der Waals surface area contributed by atoms with Gasteiger partial charge in [0.05, 0.1) is 12.1 Å². The Balaban J connectivity index is 1.77. The van der Waals surface area contributed by atoms with E-state index in [1.165, 1.54) is 19.1 Å². The minimum atomic E-state index is -1.00. The first-order valence-corrected chi connectivity index (χ1v) is 11.6. The zero-order valence-corrected chi connectivity index (χ0v) is 20.1. The van der Waals surface area contributed by atoms with Crippen LogP contribution in [0.1, 0.15) is 62.8 Å². The molecule has 2 aromatic rings. The molecule has 2 aromatic carbocycles. The van der Waals surface area contributed by atoms with Crippen LogP contribution in [-0.4, -0.2) is 42.2 Å². The molecule has 8 heteroatoms. The van der Waals surface area contributed by atoms with Gasteiger partial charge in [-0.1, -0.05) is 26.0 Å². The topological polar surface area (TPSA) is 81.7 Å². The van der Waals surface area contributed by atoms with E-state index in [-0.39, 0.29) is 30.8 Å². The smallest absolute Gasteiger partial charge is 0.223 e.